The van der Waals surface area contributed by atoms with Gasteiger partial charge in [-0.1, -0.05) is 36.4 Å². The average Bonchev–Trinajstić information content (AvgIpc) is 2.66. The molecule has 2 N–H and O–H groups in total. The molecule has 2 amide bonds. The summed E-state index contributed by atoms with van der Waals surface area (Å²) >= 11 is 0. The summed E-state index contributed by atoms with van der Waals surface area (Å²) in [5.74, 6) is 1.23. The van der Waals surface area contributed by atoms with Crippen LogP contribution in [0.2, 0.25) is 0 Å². The summed E-state index contributed by atoms with van der Waals surface area (Å²) in [5, 5.41) is 5.75. The molecule has 0 saturated carbocycles. The highest BCUT2D eigenvalue weighted by molar-refractivity contribution is 5.89. The topological polar surface area (TPSA) is 59.6 Å². The molecule has 0 aromatic heterocycles. The number of unbranched alkanes of at least 4 members (excludes halogenated alkanes) is 1. The Morgan fingerprint density at radius 3 is 2.65 bits per heavy atom. The summed E-state index contributed by atoms with van der Waals surface area (Å²) in [5.41, 5.74) is 1.69. The summed E-state index contributed by atoms with van der Waals surface area (Å²) in [6.07, 6.45) is 3.62. The van der Waals surface area contributed by atoms with Gasteiger partial charge in [0.2, 0.25) is 0 Å². The van der Waals surface area contributed by atoms with E-state index < -0.39 is 0 Å². The quantitative estimate of drug-likeness (QED) is 0.496. The first kappa shape index (κ1) is 19.4. The first-order chi connectivity index (χ1) is 12.6. The fraction of sp³-hybridized carbons (Fsp3) is 0.286. The molecule has 2 aromatic rings. The predicted octanol–water partition coefficient (Wildman–Crippen LogP) is 4.92. The molecule has 138 valence electrons. The number of rotatable bonds is 9. The third-order valence-corrected chi connectivity index (χ3v) is 3.88. The van der Waals surface area contributed by atoms with E-state index in [9.17, 15) is 4.79 Å². The van der Waals surface area contributed by atoms with Crippen LogP contribution in [0.1, 0.15) is 31.4 Å². The molecular weight excluding hydrogens is 328 g/mol. The molecular formula is C21H26N2O3. The van der Waals surface area contributed by atoms with Crippen molar-refractivity contribution in [3.63, 3.8) is 0 Å². The van der Waals surface area contributed by atoms with Gasteiger partial charge in [0.25, 0.3) is 0 Å². The second-order valence-electron chi connectivity index (χ2n) is 5.88. The Kier molecular flexibility index (Phi) is 7.55. The Bertz CT molecular complexity index is 716. The van der Waals surface area contributed by atoms with Crippen LogP contribution in [0.4, 0.5) is 10.5 Å². The predicted molar refractivity (Wildman–Crippen MR) is 105 cm³/mol. The van der Waals surface area contributed by atoms with Crippen LogP contribution in [0, 0.1) is 0 Å². The molecule has 0 radical (unpaired) electrons. The summed E-state index contributed by atoms with van der Waals surface area (Å²) in [6.45, 7) is 6.20. The number of hydrogen-bond donors (Lipinski definition) is 2. The number of carbonyl (C=O) groups is 1. The van der Waals surface area contributed by atoms with Crippen molar-refractivity contribution in [3.05, 3.63) is 66.7 Å². The standard InChI is InChI=1S/C21H26N2O3/c1-4-5-9-14-26-20-15-18(12-13-19(20)25-3)23-21(24)22-16(2)17-10-7-6-8-11-17/h4,6-8,10-13,15-16H,1,5,9,14H2,2-3H3,(H2,22,23,24). The molecule has 5 nitrogen and oxygen atoms in total. The van der Waals surface area contributed by atoms with Crippen molar-refractivity contribution in [2.45, 2.75) is 25.8 Å². The zero-order valence-electron chi connectivity index (χ0n) is 15.3. The number of carbonyl (C=O) groups excluding carboxylic acids is 1. The van der Waals surface area contributed by atoms with E-state index >= 15 is 0 Å². The van der Waals surface area contributed by atoms with Gasteiger partial charge >= 0.3 is 6.03 Å². The van der Waals surface area contributed by atoms with Crippen LogP contribution in [-0.2, 0) is 0 Å². The zero-order chi connectivity index (χ0) is 18.8. The lowest BCUT2D eigenvalue weighted by Gasteiger charge is -2.16. The Hall–Kier alpha value is -2.95. The van der Waals surface area contributed by atoms with Gasteiger partial charge in [-0.2, -0.15) is 0 Å². The molecule has 0 aliphatic rings. The number of nitrogens with one attached hydrogen (secondary N) is 2. The molecule has 2 rings (SSSR count). The second kappa shape index (κ2) is 10.1. The first-order valence-corrected chi connectivity index (χ1v) is 8.68. The van der Waals surface area contributed by atoms with Crippen molar-refractivity contribution in [1.29, 1.82) is 0 Å². The van der Waals surface area contributed by atoms with Gasteiger partial charge in [0.1, 0.15) is 0 Å². The normalized spacial score (nSPS) is 11.3. The second-order valence-corrected chi connectivity index (χ2v) is 5.88. The number of allylic oxidation sites excluding steroid dienone is 1. The lowest BCUT2D eigenvalue weighted by molar-refractivity contribution is 0.249. The minimum Gasteiger partial charge on any atom is -0.493 e. The van der Waals surface area contributed by atoms with Gasteiger partial charge in [0, 0.05) is 11.8 Å². The van der Waals surface area contributed by atoms with E-state index in [1.54, 1.807) is 25.3 Å². The Balaban J connectivity index is 1.97. The molecule has 0 bridgehead atoms. The summed E-state index contributed by atoms with van der Waals surface area (Å²) in [6, 6.07) is 14.8. The van der Waals surface area contributed by atoms with Crippen molar-refractivity contribution in [2.75, 3.05) is 19.0 Å². The van der Waals surface area contributed by atoms with E-state index in [4.69, 9.17) is 9.47 Å². The van der Waals surface area contributed by atoms with Gasteiger partial charge in [-0.15, -0.1) is 6.58 Å². The van der Waals surface area contributed by atoms with Gasteiger partial charge in [-0.3, -0.25) is 0 Å². The lowest BCUT2D eigenvalue weighted by atomic mass is 10.1. The SMILES string of the molecule is C=CCCCOc1cc(NC(=O)NC(C)c2ccccc2)ccc1OC. The Labute approximate surface area is 155 Å². The zero-order valence-corrected chi connectivity index (χ0v) is 15.3. The first-order valence-electron chi connectivity index (χ1n) is 8.68. The molecule has 1 unspecified atom stereocenters. The molecule has 1 atom stereocenters. The van der Waals surface area contributed by atoms with Crippen LogP contribution in [0.15, 0.2) is 61.2 Å². The summed E-state index contributed by atoms with van der Waals surface area (Å²) < 4.78 is 11.1. The van der Waals surface area contributed by atoms with Crippen LogP contribution < -0.4 is 20.1 Å². The van der Waals surface area contributed by atoms with Crippen molar-refractivity contribution >= 4 is 11.7 Å². The smallest absolute Gasteiger partial charge is 0.319 e. The van der Waals surface area contributed by atoms with E-state index in [1.807, 2.05) is 43.3 Å². The Morgan fingerprint density at radius 1 is 1.19 bits per heavy atom. The fourth-order valence-corrected chi connectivity index (χ4v) is 2.47. The van der Waals surface area contributed by atoms with Crippen LogP contribution in [0.5, 0.6) is 11.5 Å². The molecule has 0 fully saturated rings. The van der Waals surface area contributed by atoms with Gasteiger partial charge in [0.05, 0.1) is 19.8 Å². The van der Waals surface area contributed by atoms with Crippen LogP contribution in [-0.4, -0.2) is 19.7 Å². The van der Waals surface area contributed by atoms with E-state index in [1.165, 1.54) is 0 Å². The molecule has 0 aliphatic carbocycles. The van der Waals surface area contributed by atoms with Crippen molar-refractivity contribution < 1.29 is 14.3 Å². The van der Waals surface area contributed by atoms with E-state index in [0.29, 0.717) is 23.8 Å². The summed E-state index contributed by atoms with van der Waals surface area (Å²) in [7, 11) is 1.59. The van der Waals surface area contributed by atoms with Crippen molar-refractivity contribution in [2.24, 2.45) is 0 Å². The van der Waals surface area contributed by atoms with Crippen LogP contribution in [0.3, 0.4) is 0 Å². The van der Waals surface area contributed by atoms with E-state index in [-0.39, 0.29) is 12.1 Å². The number of hydrogen-bond acceptors (Lipinski definition) is 3. The van der Waals surface area contributed by atoms with Crippen LogP contribution >= 0.6 is 0 Å². The molecule has 0 saturated heterocycles. The monoisotopic (exact) mass is 354 g/mol. The number of benzene rings is 2. The number of anilines is 1. The average molecular weight is 354 g/mol. The van der Waals surface area contributed by atoms with Crippen molar-refractivity contribution in [1.82, 2.24) is 5.32 Å². The van der Waals surface area contributed by atoms with Crippen LogP contribution in [0.25, 0.3) is 0 Å². The van der Waals surface area contributed by atoms with E-state index in [2.05, 4.69) is 17.2 Å². The van der Waals surface area contributed by atoms with Gasteiger partial charge in [0.15, 0.2) is 11.5 Å². The molecule has 0 aliphatic heterocycles. The number of methoxy groups -OCH3 is 1. The highest BCUT2D eigenvalue weighted by Crippen LogP contribution is 2.30. The maximum atomic E-state index is 12.3. The summed E-state index contributed by atoms with van der Waals surface area (Å²) in [4.78, 5) is 12.3. The minimum absolute atomic E-state index is 0.0935. The van der Waals surface area contributed by atoms with Gasteiger partial charge in [-0.25, -0.2) is 4.79 Å². The molecule has 26 heavy (non-hydrogen) atoms. The highest BCUT2D eigenvalue weighted by atomic mass is 16.5. The van der Waals surface area contributed by atoms with E-state index in [0.717, 1.165) is 18.4 Å². The Morgan fingerprint density at radius 2 is 1.96 bits per heavy atom. The van der Waals surface area contributed by atoms with Gasteiger partial charge < -0.3 is 20.1 Å². The van der Waals surface area contributed by atoms with Gasteiger partial charge in [-0.05, 0) is 37.5 Å². The van der Waals surface area contributed by atoms with Crippen molar-refractivity contribution in [3.8, 4) is 11.5 Å². The lowest BCUT2D eigenvalue weighted by Crippen LogP contribution is -2.31. The highest BCUT2D eigenvalue weighted by Gasteiger charge is 2.11. The molecule has 0 spiro atoms. The molecule has 5 heteroatoms. The largest absolute Gasteiger partial charge is 0.493 e. The maximum Gasteiger partial charge on any atom is 0.319 e. The molecule has 2 aromatic carbocycles. The number of amides is 2. The number of urea groups is 1. The fourth-order valence-electron chi connectivity index (χ4n) is 2.47. The number of ether oxygens (including phenoxy) is 2. The minimum atomic E-state index is -0.274. The third kappa shape index (κ3) is 5.84. The third-order valence-electron chi connectivity index (χ3n) is 3.88. The maximum absolute atomic E-state index is 12.3. The molecule has 0 heterocycles.